The zero-order chi connectivity index (χ0) is 11.7. The Hall–Kier alpha value is -1.39. The number of aryl methyl sites for hydroxylation is 1. The number of hydrogen-bond donors (Lipinski definition) is 1. The van der Waals surface area contributed by atoms with Crippen molar-refractivity contribution < 1.29 is 5.11 Å². The zero-order valence-corrected chi connectivity index (χ0v) is 9.81. The molecule has 0 amide bonds. The second kappa shape index (κ2) is 4.23. The van der Waals surface area contributed by atoms with Crippen LogP contribution in [0.15, 0.2) is 24.4 Å². The molecule has 0 bridgehead atoms. The number of hydrogen-bond acceptors (Lipinski definition) is 3. The fourth-order valence-electron chi connectivity index (χ4n) is 1.62. The van der Waals surface area contributed by atoms with Crippen molar-refractivity contribution in [1.29, 1.82) is 0 Å². The standard InChI is InChI=1S/C11H12ClN3O/c1-7-8(4-3-5-9(7)12)11(16)10-6-13-14-15(10)2/h3-6,11,16H,1-2H3. The van der Waals surface area contributed by atoms with Gasteiger partial charge in [-0.25, -0.2) is 4.68 Å². The average Bonchev–Trinajstić information content (AvgIpc) is 2.68. The summed E-state index contributed by atoms with van der Waals surface area (Å²) >= 11 is 6.01. The first-order valence-corrected chi connectivity index (χ1v) is 5.26. The van der Waals surface area contributed by atoms with Gasteiger partial charge in [0.2, 0.25) is 0 Å². The van der Waals surface area contributed by atoms with Crippen LogP contribution in [0.2, 0.25) is 5.02 Å². The van der Waals surface area contributed by atoms with Crippen molar-refractivity contribution in [3.05, 3.63) is 46.2 Å². The molecule has 0 aliphatic heterocycles. The molecule has 0 aliphatic carbocycles. The summed E-state index contributed by atoms with van der Waals surface area (Å²) in [6, 6.07) is 5.46. The van der Waals surface area contributed by atoms with Crippen LogP contribution in [0.4, 0.5) is 0 Å². The van der Waals surface area contributed by atoms with E-state index in [1.807, 2.05) is 19.1 Å². The first-order valence-electron chi connectivity index (χ1n) is 4.89. The largest absolute Gasteiger partial charge is 0.382 e. The van der Waals surface area contributed by atoms with Gasteiger partial charge in [0.05, 0.1) is 11.9 Å². The number of aliphatic hydroxyl groups is 1. The van der Waals surface area contributed by atoms with Crippen LogP contribution < -0.4 is 0 Å². The summed E-state index contributed by atoms with van der Waals surface area (Å²) in [5.74, 6) is 0. The van der Waals surface area contributed by atoms with Gasteiger partial charge in [-0.05, 0) is 24.1 Å². The molecule has 16 heavy (non-hydrogen) atoms. The van der Waals surface area contributed by atoms with Crippen LogP contribution in [-0.2, 0) is 7.05 Å². The molecular weight excluding hydrogens is 226 g/mol. The number of nitrogens with zero attached hydrogens (tertiary/aromatic N) is 3. The van der Waals surface area contributed by atoms with E-state index < -0.39 is 6.10 Å². The molecule has 0 saturated carbocycles. The number of halogens is 1. The lowest BCUT2D eigenvalue weighted by molar-refractivity contribution is 0.209. The van der Waals surface area contributed by atoms with Crippen molar-refractivity contribution in [3.8, 4) is 0 Å². The first-order chi connectivity index (χ1) is 7.61. The molecule has 2 rings (SSSR count). The van der Waals surface area contributed by atoms with Crippen LogP contribution in [0.25, 0.3) is 0 Å². The van der Waals surface area contributed by atoms with Crippen LogP contribution in [0, 0.1) is 6.92 Å². The lowest BCUT2D eigenvalue weighted by Gasteiger charge is -2.14. The molecule has 2 aromatic rings. The van der Waals surface area contributed by atoms with Crippen LogP contribution in [0.1, 0.15) is 22.9 Å². The van der Waals surface area contributed by atoms with E-state index in [0.29, 0.717) is 10.7 Å². The topological polar surface area (TPSA) is 50.9 Å². The Balaban J connectivity index is 2.46. The Morgan fingerprint density at radius 3 is 2.81 bits per heavy atom. The summed E-state index contributed by atoms with van der Waals surface area (Å²) < 4.78 is 1.55. The summed E-state index contributed by atoms with van der Waals surface area (Å²) in [4.78, 5) is 0. The van der Waals surface area contributed by atoms with E-state index >= 15 is 0 Å². The van der Waals surface area contributed by atoms with Crippen LogP contribution in [0.5, 0.6) is 0 Å². The predicted molar refractivity (Wildman–Crippen MR) is 61.3 cm³/mol. The molecule has 1 N–H and O–H groups in total. The highest BCUT2D eigenvalue weighted by Crippen LogP contribution is 2.27. The Labute approximate surface area is 98.5 Å². The summed E-state index contributed by atoms with van der Waals surface area (Å²) in [6.45, 7) is 1.88. The maximum Gasteiger partial charge on any atom is 0.123 e. The van der Waals surface area contributed by atoms with E-state index in [0.717, 1.165) is 11.1 Å². The second-order valence-corrected chi connectivity index (χ2v) is 4.05. The third-order valence-electron chi connectivity index (χ3n) is 2.63. The molecule has 0 aliphatic rings. The third kappa shape index (κ3) is 1.81. The van der Waals surface area contributed by atoms with Crippen molar-refractivity contribution in [3.63, 3.8) is 0 Å². The van der Waals surface area contributed by atoms with E-state index in [2.05, 4.69) is 10.3 Å². The monoisotopic (exact) mass is 237 g/mol. The first kappa shape index (κ1) is 11.1. The van der Waals surface area contributed by atoms with Crippen molar-refractivity contribution in [2.75, 3.05) is 0 Å². The van der Waals surface area contributed by atoms with Gasteiger partial charge in [-0.15, -0.1) is 5.10 Å². The predicted octanol–water partition coefficient (Wildman–Crippen LogP) is 1.86. The zero-order valence-electron chi connectivity index (χ0n) is 9.05. The lowest BCUT2D eigenvalue weighted by atomic mass is 10.0. The van der Waals surface area contributed by atoms with Crippen LogP contribution >= 0.6 is 11.6 Å². The van der Waals surface area contributed by atoms with E-state index in [1.165, 1.54) is 0 Å². The molecule has 0 fully saturated rings. The minimum absolute atomic E-state index is 0.644. The second-order valence-electron chi connectivity index (χ2n) is 3.64. The highest BCUT2D eigenvalue weighted by molar-refractivity contribution is 6.31. The molecule has 1 atom stereocenters. The van der Waals surface area contributed by atoms with E-state index in [1.54, 1.807) is 24.0 Å². The van der Waals surface area contributed by atoms with Crippen molar-refractivity contribution in [2.24, 2.45) is 7.05 Å². The molecule has 1 aromatic carbocycles. The minimum Gasteiger partial charge on any atom is -0.382 e. The van der Waals surface area contributed by atoms with Gasteiger partial charge in [-0.1, -0.05) is 28.9 Å². The van der Waals surface area contributed by atoms with Gasteiger partial charge in [-0.3, -0.25) is 0 Å². The molecule has 0 radical (unpaired) electrons. The molecule has 84 valence electrons. The van der Waals surface area contributed by atoms with Crippen LogP contribution in [0.3, 0.4) is 0 Å². The Bertz CT molecular complexity index is 510. The number of benzene rings is 1. The Morgan fingerprint density at radius 2 is 2.19 bits per heavy atom. The molecular formula is C11H12ClN3O. The highest BCUT2D eigenvalue weighted by atomic mass is 35.5. The molecule has 1 aromatic heterocycles. The van der Waals surface area contributed by atoms with Gasteiger partial charge in [0.15, 0.2) is 0 Å². The maximum atomic E-state index is 10.2. The number of aliphatic hydroxyl groups excluding tert-OH is 1. The normalized spacial score (nSPS) is 12.8. The summed E-state index contributed by atoms with van der Waals surface area (Å²) in [7, 11) is 1.74. The third-order valence-corrected chi connectivity index (χ3v) is 3.04. The van der Waals surface area contributed by atoms with Gasteiger partial charge in [0.25, 0.3) is 0 Å². The fraction of sp³-hybridized carbons (Fsp3) is 0.273. The molecule has 0 saturated heterocycles. The highest BCUT2D eigenvalue weighted by Gasteiger charge is 2.17. The molecule has 4 nitrogen and oxygen atoms in total. The summed E-state index contributed by atoms with van der Waals surface area (Å²) in [6.07, 6.45) is 0.795. The van der Waals surface area contributed by atoms with Gasteiger partial charge < -0.3 is 5.11 Å². The van der Waals surface area contributed by atoms with Gasteiger partial charge in [-0.2, -0.15) is 0 Å². The Kier molecular flexibility index (Phi) is 2.94. The van der Waals surface area contributed by atoms with Gasteiger partial charge in [0, 0.05) is 12.1 Å². The van der Waals surface area contributed by atoms with Crippen molar-refractivity contribution >= 4 is 11.6 Å². The van der Waals surface area contributed by atoms with Crippen LogP contribution in [-0.4, -0.2) is 20.1 Å². The maximum absolute atomic E-state index is 10.2. The van der Waals surface area contributed by atoms with Gasteiger partial charge >= 0.3 is 0 Å². The Morgan fingerprint density at radius 1 is 1.44 bits per heavy atom. The van der Waals surface area contributed by atoms with E-state index in [4.69, 9.17) is 11.6 Å². The minimum atomic E-state index is -0.751. The molecule has 5 heteroatoms. The smallest absolute Gasteiger partial charge is 0.123 e. The summed E-state index contributed by atoms with van der Waals surface area (Å²) in [5.41, 5.74) is 2.29. The molecule has 0 spiro atoms. The number of aromatic nitrogens is 3. The van der Waals surface area contributed by atoms with Crippen molar-refractivity contribution in [1.82, 2.24) is 15.0 Å². The SMILES string of the molecule is Cc1c(Cl)cccc1C(O)c1cnnn1C. The van der Waals surface area contributed by atoms with E-state index in [-0.39, 0.29) is 0 Å². The molecule has 1 unspecified atom stereocenters. The van der Waals surface area contributed by atoms with E-state index in [9.17, 15) is 5.11 Å². The fourth-order valence-corrected chi connectivity index (χ4v) is 1.81. The van der Waals surface area contributed by atoms with Crippen molar-refractivity contribution in [2.45, 2.75) is 13.0 Å². The molecule has 1 heterocycles. The quantitative estimate of drug-likeness (QED) is 0.868. The summed E-state index contributed by atoms with van der Waals surface area (Å²) in [5, 5.41) is 18.4. The van der Waals surface area contributed by atoms with Gasteiger partial charge in [0.1, 0.15) is 6.10 Å². The lowest BCUT2D eigenvalue weighted by Crippen LogP contribution is -2.08. The average molecular weight is 238 g/mol. The number of rotatable bonds is 2.